The summed E-state index contributed by atoms with van der Waals surface area (Å²) in [4.78, 5) is 1.17. The minimum absolute atomic E-state index is 0.141. The van der Waals surface area contributed by atoms with Gasteiger partial charge in [-0.25, -0.2) is 0 Å². The number of hydrogen-bond acceptors (Lipinski definition) is 4. The van der Waals surface area contributed by atoms with E-state index in [9.17, 15) is 0 Å². The molecule has 0 aliphatic heterocycles. The first-order valence-corrected chi connectivity index (χ1v) is 9.42. The van der Waals surface area contributed by atoms with Crippen molar-refractivity contribution in [2.24, 2.45) is 11.5 Å². The molecule has 0 fully saturated rings. The first kappa shape index (κ1) is 17.8. The standard InChI is InChI=1S/C16H18Br2N2OS/c17-11-4-6-13(7-5-11)21-16(9-19)15(20)10-22-14-3-1-2-12(18)8-14/h1-8,15-16H,9-10,19-20H2. The van der Waals surface area contributed by atoms with Gasteiger partial charge in [-0.05, 0) is 42.5 Å². The molecule has 3 nitrogen and oxygen atoms in total. The first-order valence-electron chi connectivity index (χ1n) is 6.84. The van der Waals surface area contributed by atoms with Gasteiger partial charge in [-0.1, -0.05) is 37.9 Å². The summed E-state index contributed by atoms with van der Waals surface area (Å²) in [5, 5.41) is 0. The molecule has 0 saturated carbocycles. The van der Waals surface area contributed by atoms with E-state index < -0.39 is 0 Å². The SMILES string of the molecule is NCC(Oc1ccc(Br)cc1)C(N)CSc1cccc(Br)c1. The molecule has 0 radical (unpaired) electrons. The van der Waals surface area contributed by atoms with Crippen LogP contribution in [0.5, 0.6) is 5.75 Å². The molecule has 22 heavy (non-hydrogen) atoms. The quantitative estimate of drug-likeness (QED) is 0.631. The second kappa shape index (κ2) is 8.93. The minimum Gasteiger partial charge on any atom is -0.487 e. The summed E-state index contributed by atoms with van der Waals surface area (Å²) in [6, 6.07) is 15.7. The lowest BCUT2D eigenvalue weighted by Gasteiger charge is -2.23. The fourth-order valence-electron chi connectivity index (χ4n) is 1.85. The lowest BCUT2D eigenvalue weighted by atomic mass is 10.2. The Labute approximate surface area is 152 Å². The molecular weight excluding hydrogens is 428 g/mol. The molecule has 0 heterocycles. The number of nitrogens with two attached hydrogens (primary N) is 2. The van der Waals surface area contributed by atoms with Gasteiger partial charge in [0.15, 0.2) is 0 Å². The normalized spacial score (nSPS) is 13.6. The highest BCUT2D eigenvalue weighted by atomic mass is 79.9. The molecular formula is C16H18Br2N2OS. The van der Waals surface area contributed by atoms with E-state index in [0.29, 0.717) is 6.54 Å². The zero-order chi connectivity index (χ0) is 15.9. The first-order chi connectivity index (χ1) is 10.6. The lowest BCUT2D eigenvalue weighted by Crippen LogP contribution is -2.45. The van der Waals surface area contributed by atoms with Gasteiger partial charge in [0.05, 0.1) is 6.04 Å². The largest absolute Gasteiger partial charge is 0.487 e. The third-order valence-electron chi connectivity index (χ3n) is 3.05. The number of rotatable bonds is 7. The van der Waals surface area contributed by atoms with Gasteiger partial charge in [-0.3, -0.25) is 0 Å². The molecule has 118 valence electrons. The second-order valence-corrected chi connectivity index (χ2v) is 7.70. The summed E-state index contributed by atoms with van der Waals surface area (Å²) in [6.45, 7) is 0.385. The minimum atomic E-state index is -0.208. The molecule has 2 unspecified atom stereocenters. The molecule has 0 aromatic heterocycles. The van der Waals surface area contributed by atoms with Gasteiger partial charge in [-0.15, -0.1) is 11.8 Å². The molecule has 4 N–H and O–H groups in total. The molecule has 2 aromatic carbocycles. The summed E-state index contributed by atoms with van der Waals surface area (Å²) in [7, 11) is 0. The van der Waals surface area contributed by atoms with Crippen LogP contribution in [0.2, 0.25) is 0 Å². The van der Waals surface area contributed by atoms with Crippen molar-refractivity contribution in [2.75, 3.05) is 12.3 Å². The zero-order valence-electron chi connectivity index (χ0n) is 11.9. The van der Waals surface area contributed by atoms with Crippen LogP contribution in [0.4, 0.5) is 0 Å². The van der Waals surface area contributed by atoms with Gasteiger partial charge >= 0.3 is 0 Å². The summed E-state index contributed by atoms with van der Waals surface area (Å²) in [5.74, 6) is 1.52. The number of thioether (sulfide) groups is 1. The van der Waals surface area contributed by atoms with Crippen LogP contribution in [0.25, 0.3) is 0 Å². The van der Waals surface area contributed by atoms with Crippen LogP contribution in [-0.4, -0.2) is 24.4 Å². The van der Waals surface area contributed by atoms with Crippen LogP contribution in [0.3, 0.4) is 0 Å². The maximum atomic E-state index is 6.25. The Morgan fingerprint density at radius 3 is 2.41 bits per heavy atom. The van der Waals surface area contributed by atoms with Gasteiger partial charge in [0.1, 0.15) is 11.9 Å². The highest BCUT2D eigenvalue weighted by Gasteiger charge is 2.18. The van der Waals surface area contributed by atoms with Crippen LogP contribution in [0, 0.1) is 0 Å². The van der Waals surface area contributed by atoms with E-state index in [2.05, 4.69) is 44.0 Å². The molecule has 0 spiro atoms. The van der Waals surface area contributed by atoms with Gasteiger partial charge in [0.25, 0.3) is 0 Å². The van der Waals surface area contributed by atoms with Crippen LogP contribution in [0.1, 0.15) is 0 Å². The average Bonchev–Trinajstić information content (AvgIpc) is 2.52. The smallest absolute Gasteiger partial charge is 0.127 e. The Morgan fingerprint density at radius 2 is 1.77 bits per heavy atom. The molecule has 2 rings (SSSR count). The molecule has 0 aliphatic rings. The number of hydrogen-bond donors (Lipinski definition) is 2. The monoisotopic (exact) mass is 444 g/mol. The maximum Gasteiger partial charge on any atom is 0.127 e. The van der Waals surface area contributed by atoms with E-state index in [1.54, 1.807) is 11.8 Å². The van der Waals surface area contributed by atoms with Crippen molar-refractivity contribution < 1.29 is 4.74 Å². The lowest BCUT2D eigenvalue weighted by molar-refractivity contribution is 0.187. The highest BCUT2D eigenvalue weighted by molar-refractivity contribution is 9.10. The topological polar surface area (TPSA) is 61.3 Å². The third-order valence-corrected chi connectivity index (χ3v) is 5.21. The zero-order valence-corrected chi connectivity index (χ0v) is 15.9. The Kier molecular flexibility index (Phi) is 7.24. The van der Waals surface area contributed by atoms with Crippen LogP contribution < -0.4 is 16.2 Å². The van der Waals surface area contributed by atoms with Crippen molar-refractivity contribution in [1.82, 2.24) is 0 Å². The summed E-state index contributed by atoms with van der Waals surface area (Å²) in [5.41, 5.74) is 12.1. The fraction of sp³-hybridized carbons (Fsp3) is 0.250. The van der Waals surface area contributed by atoms with Crippen molar-refractivity contribution in [1.29, 1.82) is 0 Å². The van der Waals surface area contributed by atoms with E-state index in [-0.39, 0.29) is 12.1 Å². The molecule has 0 amide bonds. The van der Waals surface area contributed by atoms with Crippen molar-refractivity contribution >= 4 is 43.6 Å². The number of ether oxygens (including phenoxy) is 1. The molecule has 0 saturated heterocycles. The molecule has 2 aromatic rings. The van der Waals surface area contributed by atoms with Crippen LogP contribution in [0.15, 0.2) is 62.4 Å². The summed E-state index contributed by atoms with van der Waals surface area (Å²) in [6.07, 6.45) is -0.208. The predicted octanol–water partition coefficient (Wildman–Crippen LogP) is 4.04. The molecule has 2 atom stereocenters. The van der Waals surface area contributed by atoms with E-state index in [4.69, 9.17) is 16.2 Å². The summed E-state index contributed by atoms with van der Waals surface area (Å²) >= 11 is 8.57. The summed E-state index contributed by atoms with van der Waals surface area (Å²) < 4.78 is 7.97. The van der Waals surface area contributed by atoms with E-state index in [1.165, 1.54) is 4.90 Å². The second-order valence-electron chi connectivity index (χ2n) is 4.78. The van der Waals surface area contributed by atoms with Crippen LogP contribution in [-0.2, 0) is 0 Å². The number of benzene rings is 2. The van der Waals surface area contributed by atoms with E-state index >= 15 is 0 Å². The molecule has 0 aliphatic carbocycles. The van der Waals surface area contributed by atoms with Crippen molar-refractivity contribution in [2.45, 2.75) is 17.0 Å². The van der Waals surface area contributed by atoms with Crippen molar-refractivity contribution in [3.05, 3.63) is 57.5 Å². The van der Waals surface area contributed by atoms with Crippen molar-refractivity contribution in [3.8, 4) is 5.75 Å². The van der Waals surface area contributed by atoms with Gasteiger partial charge < -0.3 is 16.2 Å². The third kappa shape index (κ3) is 5.59. The van der Waals surface area contributed by atoms with Crippen molar-refractivity contribution in [3.63, 3.8) is 0 Å². The number of halogens is 2. The Morgan fingerprint density at radius 1 is 1.05 bits per heavy atom. The fourth-order valence-corrected chi connectivity index (χ4v) is 3.65. The molecule has 0 bridgehead atoms. The molecule has 6 heteroatoms. The van der Waals surface area contributed by atoms with E-state index in [1.807, 2.05) is 36.4 Å². The van der Waals surface area contributed by atoms with Gasteiger partial charge in [0.2, 0.25) is 0 Å². The van der Waals surface area contributed by atoms with E-state index in [0.717, 1.165) is 20.4 Å². The Hall–Kier alpha value is -0.530. The van der Waals surface area contributed by atoms with Gasteiger partial charge in [0, 0.05) is 26.1 Å². The average molecular weight is 446 g/mol. The van der Waals surface area contributed by atoms with Crippen LogP contribution >= 0.6 is 43.6 Å². The Balaban J connectivity index is 1.91. The predicted molar refractivity (Wildman–Crippen MR) is 100 cm³/mol. The van der Waals surface area contributed by atoms with Gasteiger partial charge in [-0.2, -0.15) is 0 Å². The Bertz CT molecular complexity index is 595. The maximum absolute atomic E-state index is 6.25. The highest BCUT2D eigenvalue weighted by Crippen LogP contribution is 2.24.